The lowest BCUT2D eigenvalue weighted by atomic mass is 9.96. The molecule has 0 spiro atoms. The predicted octanol–water partition coefficient (Wildman–Crippen LogP) is 3.75. The van der Waals surface area contributed by atoms with Crippen LogP contribution >= 0.6 is 12.4 Å². The van der Waals surface area contributed by atoms with E-state index < -0.39 is 0 Å². The van der Waals surface area contributed by atoms with Gasteiger partial charge in [-0.3, -0.25) is 4.79 Å². The Hall–Kier alpha value is -1.46. The van der Waals surface area contributed by atoms with Crippen molar-refractivity contribution in [3.05, 3.63) is 17.7 Å². The van der Waals surface area contributed by atoms with Crippen molar-refractivity contribution in [3.8, 4) is 17.2 Å². The summed E-state index contributed by atoms with van der Waals surface area (Å²) in [4.78, 5) is 11.4. The fraction of sp³-hybridized carbons (Fsp3) is 0.588. The molecule has 4 N–H and O–H groups in total. The summed E-state index contributed by atoms with van der Waals surface area (Å²) in [6, 6.07) is 2.90. The Morgan fingerprint density at radius 2 is 1.65 bits per heavy atom. The number of Topliss-reactive ketones (excluding diaryl/α,β-unsaturated/α-hetero) is 1. The third-order valence-corrected chi connectivity index (χ3v) is 3.85. The van der Waals surface area contributed by atoms with Gasteiger partial charge < -0.3 is 20.6 Å². The number of ketones is 1. The van der Waals surface area contributed by atoms with E-state index >= 15 is 0 Å². The first-order chi connectivity index (χ1) is 10.5. The Morgan fingerprint density at radius 1 is 1.13 bits per heavy atom. The molecule has 1 aromatic carbocycles. The molecule has 0 amide bonds. The monoisotopic (exact) mass is 345 g/mol. The van der Waals surface area contributed by atoms with E-state index in [2.05, 4.69) is 12.4 Å². The van der Waals surface area contributed by atoms with Crippen molar-refractivity contribution >= 4 is 18.2 Å². The zero-order valence-electron chi connectivity index (χ0n) is 13.8. The standard InChI is InChI=1S/C10H12O4.C7H15N.ClH/c1-2-3-7(12)10-8(13)4-6(11)5-9(10)14;1-8-7-5-3-2-4-6-7;/h4-5,11,13-14H,2-3H2,1H3;7-8H,2-6H2,1H3;1H. The van der Waals surface area contributed by atoms with Gasteiger partial charge in [-0.2, -0.15) is 0 Å². The third kappa shape index (κ3) is 7.10. The lowest BCUT2D eigenvalue weighted by molar-refractivity contribution is 0.0976. The summed E-state index contributed by atoms with van der Waals surface area (Å²) in [5, 5.41) is 31.0. The van der Waals surface area contributed by atoms with E-state index in [1.807, 2.05) is 6.92 Å². The van der Waals surface area contributed by atoms with Crippen molar-refractivity contribution in [3.63, 3.8) is 0 Å². The van der Waals surface area contributed by atoms with E-state index in [-0.39, 0.29) is 47.4 Å². The summed E-state index contributed by atoms with van der Waals surface area (Å²) < 4.78 is 0. The molecule has 1 saturated carbocycles. The molecule has 23 heavy (non-hydrogen) atoms. The number of aromatic hydroxyl groups is 3. The number of hydrogen-bond donors (Lipinski definition) is 4. The second-order valence-electron chi connectivity index (χ2n) is 5.66. The molecule has 0 saturated heterocycles. The maximum absolute atomic E-state index is 11.4. The molecule has 0 atom stereocenters. The van der Waals surface area contributed by atoms with Crippen LogP contribution in [-0.2, 0) is 0 Å². The molecule has 0 bridgehead atoms. The van der Waals surface area contributed by atoms with Crippen LogP contribution in [0, 0.1) is 0 Å². The predicted molar refractivity (Wildman–Crippen MR) is 93.9 cm³/mol. The average Bonchev–Trinajstić information content (AvgIpc) is 2.48. The van der Waals surface area contributed by atoms with Crippen molar-refractivity contribution in [2.75, 3.05) is 7.05 Å². The molecule has 2 rings (SSSR count). The molecule has 0 aliphatic heterocycles. The molecule has 0 heterocycles. The number of phenolic OH excluding ortho intramolecular Hbond substituents is 3. The summed E-state index contributed by atoms with van der Waals surface area (Å²) in [6.45, 7) is 1.83. The van der Waals surface area contributed by atoms with E-state index in [9.17, 15) is 15.0 Å². The van der Waals surface area contributed by atoms with E-state index in [0.29, 0.717) is 6.42 Å². The molecular weight excluding hydrogens is 318 g/mol. The fourth-order valence-electron chi connectivity index (χ4n) is 2.63. The fourth-order valence-corrected chi connectivity index (χ4v) is 2.63. The van der Waals surface area contributed by atoms with Crippen molar-refractivity contribution in [2.24, 2.45) is 0 Å². The number of hydrogen-bond acceptors (Lipinski definition) is 5. The van der Waals surface area contributed by atoms with Crippen LogP contribution in [0.5, 0.6) is 17.2 Å². The van der Waals surface area contributed by atoms with Gasteiger partial charge >= 0.3 is 0 Å². The van der Waals surface area contributed by atoms with Gasteiger partial charge in [-0.05, 0) is 26.3 Å². The molecule has 5 nitrogen and oxygen atoms in total. The van der Waals surface area contributed by atoms with Crippen molar-refractivity contribution in [2.45, 2.75) is 57.9 Å². The first-order valence-electron chi connectivity index (χ1n) is 7.95. The second-order valence-corrected chi connectivity index (χ2v) is 5.66. The van der Waals surface area contributed by atoms with Gasteiger partial charge in [0.25, 0.3) is 0 Å². The van der Waals surface area contributed by atoms with Crippen LogP contribution in [0.15, 0.2) is 12.1 Å². The maximum Gasteiger partial charge on any atom is 0.170 e. The average molecular weight is 346 g/mol. The van der Waals surface area contributed by atoms with Crippen LogP contribution in [0.4, 0.5) is 0 Å². The molecule has 0 unspecified atom stereocenters. The highest BCUT2D eigenvalue weighted by molar-refractivity contribution is 6.01. The van der Waals surface area contributed by atoms with E-state index in [1.165, 1.54) is 32.1 Å². The van der Waals surface area contributed by atoms with Crippen LogP contribution in [0.3, 0.4) is 0 Å². The molecule has 1 aromatic rings. The van der Waals surface area contributed by atoms with Crippen LogP contribution < -0.4 is 5.32 Å². The Kier molecular flexibility index (Phi) is 10.4. The Labute approximate surface area is 144 Å². The highest BCUT2D eigenvalue weighted by Gasteiger charge is 2.16. The largest absolute Gasteiger partial charge is 0.508 e. The molecule has 1 aliphatic rings. The Morgan fingerprint density at radius 3 is 2.04 bits per heavy atom. The first kappa shape index (κ1) is 21.5. The minimum atomic E-state index is -0.388. The molecule has 1 fully saturated rings. The zero-order valence-corrected chi connectivity index (χ0v) is 14.7. The summed E-state index contributed by atoms with van der Waals surface area (Å²) >= 11 is 0. The Balaban J connectivity index is 0.000000460. The molecular formula is C17H28ClNO4. The van der Waals surface area contributed by atoms with E-state index in [4.69, 9.17) is 5.11 Å². The van der Waals surface area contributed by atoms with Gasteiger partial charge in [-0.1, -0.05) is 26.2 Å². The molecule has 1 aliphatic carbocycles. The molecule has 0 aromatic heterocycles. The van der Waals surface area contributed by atoms with Crippen molar-refractivity contribution in [1.29, 1.82) is 0 Å². The smallest absolute Gasteiger partial charge is 0.170 e. The third-order valence-electron chi connectivity index (χ3n) is 3.85. The van der Waals surface area contributed by atoms with Gasteiger partial charge in [0.2, 0.25) is 0 Å². The number of phenols is 3. The van der Waals surface area contributed by atoms with E-state index in [1.54, 1.807) is 0 Å². The van der Waals surface area contributed by atoms with Gasteiger partial charge in [-0.25, -0.2) is 0 Å². The van der Waals surface area contributed by atoms with Gasteiger partial charge in [0.1, 0.15) is 22.8 Å². The van der Waals surface area contributed by atoms with Gasteiger partial charge in [0.15, 0.2) is 5.78 Å². The number of carbonyl (C=O) groups is 1. The topological polar surface area (TPSA) is 89.8 Å². The normalized spacial score (nSPS) is 14.3. The van der Waals surface area contributed by atoms with Gasteiger partial charge in [0, 0.05) is 24.6 Å². The van der Waals surface area contributed by atoms with Crippen molar-refractivity contribution < 1.29 is 20.1 Å². The van der Waals surface area contributed by atoms with Crippen LogP contribution in [0.25, 0.3) is 0 Å². The first-order valence-corrected chi connectivity index (χ1v) is 7.95. The minimum absolute atomic E-state index is 0. The molecule has 6 heteroatoms. The zero-order chi connectivity index (χ0) is 16.5. The lowest BCUT2D eigenvalue weighted by Gasteiger charge is -2.20. The molecule has 0 radical (unpaired) electrons. The summed E-state index contributed by atoms with van der Waals surface area (Å²) in [5.74, 6) is -1.38. The van der Waals surface area contributed by atoms with Crippen LogP contribution in [0.1, 0.15) is 62.2 Å². The SMILES string of the molecule is CCCC(=O)c1c(O)cc(O)cc1O.CNC1CCCCC1.Cl. The van der Waals surface area contributed by atoms with Gasteiger partial charge in [-0.15, -0.1) is 12.4 Å². The summed E-state index contributed by atoms with van der Waals surface area (Å²) in [5.41, 5.74) is -0.121. The number of halogens is 1. The molecule has 132 valence electrons. The Bertz CT molecular complexity index is 464. The van der Waals surface area contributed by atoms with Crippen LogP contribution in [-0.4, -0.2) is 34.2 Å². The van der Waals surface area contributed by atoms with Crippen LogP contribution in [0.2, 0.25) is 0 Å². The summed E-state index contributed by atoms with van der Waals surface area (Å²) in [7, 11) is 2.07. The second kappa shape index (κ2) is 11.1. The number of benzene rings is 1. The number of carbonyl (C=O) groups excluding carboxylic acids is 1. The number of nitrogens with one attached hydrogen (secondary N) is 1. The van der Waals surface area contributed by atoms with E-state index in [0.717, 1.165) is 18.2 Å². The summed E-state index contributed by atoms with van der Waals surface area (Å²) in [6.07, 6.45) is 8.02. The highest BCUT2D eigenvalue weighted by atomic mass is 35.5. The quantitative estimate of drug-likeness (QED) is 0.624. The van der Waals surface area contributed by atoms with Gasteiger partial charge in [0.05, 0.1) is 0 Å². The van der Waals surface area contributed by atoms with Crippen molar-refractivity contribution in [1.82, 2.24) is 5.32 Å². The lowest BCUT2D eigenvalue weighted by Crippen LogP contribution is -2.26. The highest BCUT2D eigenvalue weighted by Crippen LogP contribution is 2.32. The minimum Gasteiger partial charge on any atom is -0.508 e. The number of rotatable bonds is 4. The maximum atomic E-state index is 11.4.